The summed E-state index contributed by atoms with van der Waals surface area (Å²) in [5.41, 5.74) is 4.37. The molecule has 0 spiro atoms. The lowest BCUT2D eigenvalue weighted by Crippen LogP contribution is -2.53. The van der Waals surface area contributed by atoms with E-state index in [-0.39, 0.29) is 5.78 Å². The first kappa shape index (κ1) is 16.9. The zero-order valence-electron chi connectivity index (χ0n) is 15.4. The molecule has 1 aliphatic heterocycles. The van der Waals surface area contributed by atoms with Crippen LogP contribution < -0.4 is 4.90 Å². The minimum absolute atomic E-state index is 0.192. The van der Waals surface area contributed by atoms with Crippen LogP contribution in [-0.4, -0.2) is 47.9 Å². The highest BCUT2D eigenvalue weighted by Crippen LogP contribution is 2.22. The average molecular weight is 347 g/mol. The Kier molecular flexibility index (Phi) is 4.51. The number of nitrogens with zero attached hydrogens (tertiary/aromatic N) is 2. The number of fused-ring (bicyclic) bond motifs is 1. The van der Waals surface area contributed by atoms with Gasteiger partial charge in [0, 0.05) is 48.6 Å². The van der Waals surface area contributed by atoms with Crippen molar-refractivity contribution in [3.8, 4) is 0 Å². The highest BCUT2D eigenvalue weighted by atomic mass is 16.1. The molecule has 0 radical (unpaired) electrons. The van der Waals surface area contributed by atoms with Gasteiger partial charge in [-0.1, -0.05) is 24.3 Å². The number of aryl methyl sites for hydroxylation is 1. The molecule has 1 saturated heterocycles. The molecule has 1 atom stereocenters. The van der Waals surface area contributed by atoms with Crippen molar-refractivity contribution < 1.29 is 4.79 Å². The van der Waals surface area contributed by atoms with Gasteiger partial charge < -0.3 is 9.88 Å². The molecule has 1 aliphatic rings. The molecule has 2 aromatic carbocycles. The SMILES string of the molecule is Cc1cccc(N2CCN(CC(=O)c3ccc4cc[nH]c4c3)C[C@H]2C)c1. The number of ketones is 1. The molecule has 4 rings (SSSR count). The van der Waals surface area contributed by atoms with Crippen molar-refractivity contribution in [1.29, 1.82) is 0 Å². The lowest BCUT2D eigenvalue weighted by Gasteiger charge is -2.41. The van der Waals surface area contributed by atoms with Gasteiger partial charge in [0.1, 0.15) is 0 Å². The standard InChI is InChI=1S/C22H25N3O/c1-16-4-3-5-20(12-16)25-11-10-24(14-17(25)2)15-22(26)19-7-6-18-8-9-23-21(18)13-19/h3-9,12-13,17,23H,10-11,14-15H2,1-2H3/t17-/m1/s1. The Morgan fingerprint density at radius 1 is 1.15 bits per heavy atom. The fraction of sp³-hybridized carbons (Fsp3) is 0.318. The molecule has 134 valence electrons. The Balaban J connectivity index is 1.41. The molecule has 0 amide bonds. The van der Waals surface area contributed by atoms with Crippen LogP contribution in [0.5, 0.6) is 0 Å². The maximum atomic E-state index is 12.7. The fourth-order valence-corrected chi connectivity index (χ4v) is 3.88. The monoisotopic (exact) mass is 347 g/mol. The van der Waals surface area contributed by atoms with Crippen molar-refractivity contribution in [1.82, 2.24) is 9.88 Å². The second kappa shape index (κ2) is 6.96. The summed E-state index contributed by atoms with van der Waals surface area (Å²) in [6.45, 7) is 7.62. The van der Waals surface area contributed by atoms with Crippen LogP contribution in [0.1, 0.15) is 22.8 Å². The zero-order chi connectivity index (χ0) is 18.1. The van der Waals surface area contributed by atoms with Gasteiger partial charge in [-0.25, -0.2) is 0 Å². The average Bonchev–Trinajstić information content (AvgIpc) is 3.09. The van der Waals surface area contributed by atoms with Crippen LogP contribution >= 0.6 is 0 Å². The van der Waals surface area contributed by atoms with Gasteiger partial charge in [-0.05, 0) is 49.1 Å². The van der Waals surface area contributed by atoms with Crippen molar-refractivity contribution in [2.24, 2.45) is 0 Å². The molecule has 1 aromatic heterocycles. The van der Waals surface area contributed by atoms with E-state index in [2.05, 4.69) is 52.9 Å². The highest BCUT2D eigenvalue weighted by Gasteiger charge is 2.25. The van der Waals surface area contributed by atoms with Crippen LogP contribution in [0.2, 0.25) is 0 Å². The van der Waals surface area contributed by atoms with E-state index in [1.807, 2.05) is 30.5 Å². The summed E-state index contributed by atoms with van der Waals surface area (Å²) in [6, 6.07) is 17.0. The predicted octanol–water partition coefficient (Wildman–Crippen LogP) is 3.87. The Morgan fingerprint density at radius 2 is 2.04 bits per heavy atom. The fourth-order valence-electron chi connectivity index (χ4n) is 3.88. The lowest BCUT2D eigenvalue weighted by molar-refractivity contribution is 0.0917. The number of carbonyl (C=O) groups is 1. The van der Waals surface area contributed by atoms with Crippen LogP contribution in [0.3, 0.4) is 0 Å². The molecular formula is C22H25N3O. The molecule has 1 fully saturated rings. The Bertz CT molecular complexity index is 930. The lowest BCUT2D eigenvalue weighted by atomic mass is 10.1. The van der Waals surface area contributed by atoms with Crippen LogP contribution in [0.25, 0.3) is 10.9 Å². The number of aromatic amines is 1. The number of rotatable bonds is 4. The number of anilines is 1. The molecule has 4 nitrogen and oxygen atoms in total. The molecule has 2 heterocycles. The van der Waals surface area contributed by atoms with Crippen LogP contribution in [0.4, 0.5) is 5.69 Å². The third-order valence-corrected chi connectivity index (χ3v) is 5.29. The maximum absolute atomic E-state index is 12.7. The van der Waals surface area contributed by atoms with E-state index in [1.165, 1.54) is 11.3 Å². The largest absolute Gasteiger partial charge is 0.366 e. The van der Waals surface area contributed by atoms with Gasteiger partial charge in [-0.2, -0.15) is 0 Å². The molecule has 0 saturated carbocycles. The second-order valence-electron chi connectivity index (χ2n) is 7.32. The van der Waals surface area contributed by atoms with Gasteiger partial charge in [-0.3, -0.25) is 9.69 Å². The summed E-state index contributed by atoms with van der Waals surface area (Å²) in [5.74, 6) is 0.192. The minimum Gasteiger partial charge on any atom is -0.366 e. The van der Waals surface area contributed by atoms with E-state index < -0.39 is 0 Å². The van der Waals surface area contributed by atoms with Crippen molar-refractivity contribution >= 4 is 22.4 Å². The predicted molar refractivity (Wildman–Crippen MR) is 107 cm³/mol. The van der Waals surface area contributed by atoms with E-state index in [0.717, 1.165) is 36.1 Å². The number of Topliss-reactive ketones (excluding diaryl/α,β-unsaturated/α-hetero) is 1. The highest BCUT2D eigenvalue weighted by molar-refractivity contribution is 6.00. The summed E-state index contributed by atoms with van der Waals surface area (Å²) in [7, 11) is 0. The van der Waals surface area contributed by atoms with Gasteiger partial charge in [0.05, 0.1) is 6.54 Å². The van der Waals surface area contributed by atoms with E-state index in [9.17, 15) is 4.79 Å². The van der Waals surface area contributed by atoms with Gasteiger partial charge in [0.25, 0.3) is 0 Å². The van der Waals surface area contributed by atoms with E-state index in [1.54, 1.807) is 0 Å². The zero-order valence-corrected chi connectivity index (χ0v) is 15.4. The molecule has 4 heteroatoms. The first-order valence-corrected chi connectivity index (χ1v) is 9.26. The van der Waals surface area contributed by atoms with Crippen molar-refractivity contribution in [3.05, 3.63) is 65.9 Å². The number of aromatic nitrogens is 1. The quantitative estimate of drug-likeness (QED) is 0.728. The second-order valence-corrected chi connectivity index (χ2v) is 7.32. The number of hydrogen-bond acceptors (Lipinski definition) is 3. The summed E-state index contributed by atoms with van der Waals surface area (Å²) >= 11 is 0. The molecule has 1 N–H and O–H groups in total. The van der Waals surface area contributed by atoms with E-state index in [4.69, 9.17) is 0 Å². The summed E-state index contributed by atoms with van der Waals surface area (Å²) in [6.07, 6.45) is 1.91. The minimum atomic E-state index is 0.192. The van der Waals surface area contributed by atoms with Gasteiger partial charge in [0.2, 0.25) is 0 Å². The Hall–Kier alpha value is -2.59. The van der Waals surface area contributed by atoms with Crippen molar-refractivity contribution in [3.63, 3.8) is 0 Å². The van der Waals surface area contributed by atoms with Crippen LogP contribution in [0, 0.1) is 6.92 Å². The molecule has 3 aromatic rings. The number of H-pyrrole nitrogens is 1. The van der Waals surface area contributed by atoms with Gasteiger partial charge >= 0.3 is 0 Å². The molecule has 0 aliphatic carbocycles. The molecule has 0 bridgehead atoms. The smallest absolute Gasteiger partial charge is 0.176 e. The van der Waals surface area contributed by atoms with E-state index in [0.29, 0.717) is 12.6 Å². The summed E-state index contributed by atoms with van der Waals surface area (Å²) in [5, 5.41) is 1.14. The number of hydrogen-bond donors (Lipinski definition) is 1. The van der Waals surface area contributed by atoms with Crippen molar-refractivity contribution in [2.45, 2.75) is 19.9 Å². The number of benzene rings is 2. The summed E-state index contributed by atoms with van der Waals surface area (Å²) < 4.78 is 0. The Morgan fingerprint density at radius 3 is 2.85 bits per heavy atom. The number of carbonyl (C=O) groups excluding carboxylic acids is 1. The number of piperazine rings is 1. The topological polar surface area (TPSA) is 39.3 Å². The molecule has 0 unspecified atom stereocenters. The third kappa shape index (κ3) is 3.37. The van der Waals surface area contributed by atoms with Crippen LogP contribution in [0.15, 0.2) is 54.7 Å². The first-order chi connectivity index (χ1) is 12.6. The Labute approximate surface area is 154 Å². The maximum Gasteiger partial charge on any atom is 0.176 e. The first-order valence-electron chi connectivity index (χ1n) is 9.26. The normalized spacial score (nSPS) is 18.4. The van der Waals surface area contributed by atoms with Gasteiger partial charge in [0.15, 0.2) is 5.78 Å². The number of nitrogens with one attached hydrogen (secondary N) is 1. The van der Waals surface area contributed by atoms with E-state index >= 15 is 0 Å². The van der Waals surface area contributed by atoms with Gasteiger partial charge in [-0.15, -0.1) is 0 Å². The third-order valence-electron chi connectivity index (χ3n) is 5.29. The van der Waals surface area contributed by atoms with Crippen LogP contribution in [-0.2, 0) is 0 Å². The summed E-state index contributed by atoms with van der Waals surface area (Å²) in [4.78, 5) is 20.6. The van der Waals surface area contributed by atoms with Crippen molar-refractivity contribution in [2.75, 3.05) is 31.1 Å². The molecule has 26 heavy (non-hydrogen) atoms. The molecular weight excluding hydrogens is 322 g/mol.